The quantitative estimate of drug-likeness (QED) is 0.678. The SMILES string of the molecule is COc1cccc2c1CC[C@@H](C)C2.O=C(O)c1ccc2ccccc2c1. The summed E-state index contributed by atoms with van der Waals surface area (Å²) >= 11 is 0. The van der Waals surface area contributed by atoms with Crippen molar-refractivity contribution in [1.82, 2.24) is 0 Å². The van der Waals surface area contributed by atoms with Crippen molar-refractivity contribution >= 4 is 16.7 Å². The first kappa shape index (κ1) is 18.0. The highest BCUT2D eigenvalue weighted by molar-refractivity contribution is 5.94. The van der Waals surface area contributed by atoms with Gasteiger partial charge in [0.2, 0.25) is 0 Å². The first-order valence-corrected chi connectivity index (χ1v) is 8.95. The van der Waals surface area contributed by atoms with Crippen LogP contribution in [0.2, 0.25) is 0 Å². The first-order chi connectivity index (χ1) is 12.6. The van der Waals surface area contributed by atoms with Gasteiger partial charge in [0.25, 0.3) is 0 Å². The van der Waals surface area contributed by atoms with Crippen molar-refractivity contribution in [3.63, 3.8) is 0 Å². The van der Waals surface area contributed by atoms with E-state index in [0.717, 1.165) is 22.4 Å². The van der Waals surface area contributed by atoms with Crippen molar-refractivity contribution in [3.8, 4) is 5.75 Å². The second-order valence-electron chi connectivity index (χ2n) is 6.81. The van der Waals surface area contributed by atoms with Crippen LogP contribution in [0.1, 0.15) is 34.8 Å². The number of aromatic carboxylic acids is 1. The molecule has 3 aromatic carbocycles. The summed E-state index contributed by atoms with van der Waals surface area (Å²) in [5, 5.41) is 10.8. The fourth-order valence-electron chi connectivity index (χ4n) is 3.47. The van der Waals surface area contributed by atoms with Crippen LogP contribution in [0.4, 0.5) is 0 Å². The van der Waals surface area contributed by atoms with E-state index in [1.807, 2.05) is 30.3 Å². The van der Waals surface area contributed by atoms with Crippen molar-refractivity contribution in [2.75, 3.05) is 7.11 Å². The zero-order valence-electron chi connectivity index (χ0n) is 15.2. The molecule has 0 saturated heterocycles. The Hall–Kier alpha value is -2.81. The molecule has 3 nitrogen and oxygen atoms in total. The summed E-state index contributed by atoms with van der Waals surface area (Å²) in [6.45, 7) is 2.32. The number of carbonyl (C=O) groups is 1. The second-order valence-corrected chi connectivity index (χ2v) is 6.81. The predicted octanol–water partition coefficient (Wildman–Crippen LogP) is 5.36. The molecule has 0 amide bonds. The van der Waals surface area contributed by atoms with Gasteiger partial charge in [-0.05, 0) is 65.3 Å². The molecule has 1 N–H and O–H groups in total. The van der Waals surface area contributed by atoms with Gasteiger partial charge in [-0.3, -0.25) is 0 Å². The molecule has 3 heteroatoms. The van der Waals surface area contributed by atoms with Crippen molar-refractivity contribution in [1.29, 1.82) is 0 Å². The fraction of sp³-hybridized carbons (Fsp3) is 0.261. The Morgan fingerprint density at radius 3 is 2.54 bits per heavy atom. The Labute approximate surface area is 154 Å². The maximum atomic E-state index is 10.6. The summed E-state index contributed by atoms with van der Waals surface area (Å²) in [7, 11) is 1.76. The van der Waals surface area contributed by atoms with E-state index in [-0.39, 0.29) is 0 Å². The molecule has 0 radical (unpaired) electrons. The van der Waals surface area contributed by atoms with Crippen molar-refractivity contribution in [2.45, 2.75) is 26.2 Å². The van der Waals surface area contributed by atoms with Gasteiger partial charge < -0.3 is 9.84 Å². The topological polar surface area (TPSA) is 46.5 Å². The highest BCUT2D eigenvalue weighted by Crippen LogP contribution is 2.31. The zero-order valence-corrected chi connectivity index (χ0v) is 15.2. The summed E-state index contributed by atoms with van der Waals surface area (Å²) in [6.07, 6.45) is 3.69. The van der Waals surface area contributed by atoms with E-state index in [4.69, 9.17) is 9.84 Å². The van der Waals surface area contributed by atoms with E-state index in [1.54, 1.807) is 19.2 Å². The van der Waals surface area contributed by atoms with Gasteiger partial charge >= 0.3 is 5.97 Å². The van der Waals surface area contributed by atoms with E-state index in [1.165, 1.54) is 30.4 Å². The minimum absolute atomic E-state index is 0.332. The van der Waals surface area contributed by atoms with Crippen LogP contribution in [0.15, 0.2) is 60.7 Å². The molecule has 0 unspecified atom stereocenters. The Morgan fingerprint density at radius 1 is 1.04 bits per heavy atom. The molecular formula is C23H24O3. The number of rotatable bonds is 2. The van der Waals surface area contributed by atoms with Crippen LogP contribution in [0.25, 0.3) is 10.8 Å². The van der Waals surface area contributed by atoms with Crippen LogP contribution in [0.3, 0.4) is 0 Å². The van der Waals surface area contributed by atoms with E-state index in [0.29, 0.717) is 5.56 Å². The second kappa shape index (κ2) is 8.05. The van der Waals surface area contributed by atoms with Gasteiger partial charge in [0.1, 0.15) is 5.75 Å². The number of ether oxygens (including phenoxy) is 1. The molecular weight excluding hydrogens is 324 g/mol. The van der Waals surface area contributed by atoms with Crippen LogP contribution >= 0.6 is 0 Å². The van der Waals surface area contributed by atoms with Crippen molar-refractivity contribution < 1.29 is 14.6 Å². The third kappa shape index (κ3) is 4.05. The van der Waals surface area contributed by atoms with Crippen molar-refractivity contribution in [3.05, 3.63) is 77.4 Å². The lowest BCUT2D eigenvalue weighted by Crippen LogP contribution is -2.12. The summed E-state index contributed by atoms with van der Waals surface area (Å²) < 4.78 is 5.35. The van der Waals surface area contributed by atoms with E-state index >= 15 is 0 Å². The van der Waals surface area contributed by atoms with Crippen LogP contribution in [-0.2, 0) is 12.8 Å². The van der Waals surface area contributed by atoms with E-state index in [9.17, 15) is 4.79 Å². The third-order valence-electron chi connectivity index (χ3n) is 4.90. The van der Waals surface area contributed by atoms with E-state index in [2.05, 4.69) is 25.1 Å². The predicted molar refractivity (Wildman–Crippen MR) is 105 cm³/mol. The molecule has 0 heterocycles. The highest BCUT2D eigenvalue weighted by atomic mass is 16.5. The number of hydrogen-bond acceptors (Lipinski definition) is 2. The van der Waals surface area contributed by atoms with Gasteiger partial charge in [0, 0.05) is 0 Å². The lowest BCUT2D eigenvalue weighted by atomic mass is 9.84. The summed E-state index contributed by atoms with van der Waals surface area (Å²) in [6, 6.07) is 19.2. The lowest BCUT2D eigenvalue weighted by Gasteiger charge is -2.22. The number of methoxy groups -OCH3 is 1. The molecule has 0 aliphatic heterocycles. The largest absolute Gasteiger partial charge is 0.496 e. The maximum Gasteiger partial charge on any atom is 0.335 e. The number of hydrogen-bond donors (Lipinski definition) is 1. The number of fused-ring (bicyclic) bond motifs is 2. The van der Waals surface area contributed by atoms with Gasteiger partial charge in [-0.15, -0.1) is 0 Å². The van der Waals surface area contributed by atoms with Crippen LogP contribution < -0.4 is 4.74 Å². The molecule has 1 aliphatic carbocycles. The summed E-state index contributed by atoms with van der Waals surface area (Å²) in [5.41, 5.74) is 3.25. The van der Waals surface area contributed by atoms with Crippen molar-refractivity contribution in [2.24, 2.45) is 5.92 Å². The van der Waals surface area contributed by atoms with Crippen LogP contribution in [-0.4, -0.2) is 18.2 Å². The molecule has 134 valence electrons. The molecule has 26 heavy (non-hydrogen) atoms. The lowest BCUT2D eigenvalue weighted by molar-refractivity contribution is 0.0697. The van der Waals surface area contributed by atoms with Gasteiger partial charge in [0.15, 0.2) is 0 Å². The molecule has 0 fully saturated rings. The minimum Gasteiger partial charge on any atom is -0.496 e. The Kier molecular flexibility index (Phi) is 5.57. The van der Waals surface area contributed by atoms with Gasteiger partial charge in [0.05, 0.1) is 12.7 Å². The minimum atomic E-state index is -0.884. The number of carboxylic acids is 1. The summed E-state index contributed by atoms with van der Waals surface area (Å²) in [5.74, 6) is 1.02. The van der Waals surface area contributed by atoms with Gasteiger partial charge in [-0.25, -0.2) is 4.79 Å². The fourth-order valence-corrected chi connectivity index (χ4v) is 3.47. The van der Waals surface area contributed by atoms with Gasteiger partial charge in [-0.1, -0.05) is 49.4 Å². The zero-order chi connectivity index (χ0) is 18.5. The average molecular weight is 348 g/mol. The Bertz CT molecular complexity index is 914. The molecule has 4 rings (SSSR count). The highest BCUT2D eigenvalue weighted by Gasteiger charge is 2.17. The van der Waals surface area contributed by atoms with Gasteiger partial charge in [-0.2, -0.15) is 0 Å². The smallest absolute Gasteiger partial charge is 0.335 e. The maximum absolute atomic E-state index is 10.6. The average Bonchev–Trinajstić information content (AvgIpc) is 2.67. The molecule has 0 saturated carbocycles. The Morgan fingerprint density at radius 2 is 1.81 bits per heavy atom. The Balaban J connectivity index is 0.000000151. The normalized spacial score (nSPS) is 15.5. The monoisotopic (exact) mass is 348 g/mol. The van der Waals surface area contributed by atoms with E-state index < -0.39 is 5.97 Å². The molecule has 0 bridgehead atoms. The standard InChI is InChI=1S/C12H16O.C11H8O2/c1-9-6-7-11-10(8-9)4-3-5-12(11)13-2;12-11(13)10-6-5-8-3-1-2-4-9(8)7-10/h3-5,9H,6-8H2,1-2H3;1-7H,(H,12,13)/t9-;/m1./s1. The molecule has 3 aromatic rings. The van der Waals surface area contributed by atoms with Crippen LogP contribution in [0, 0.1) is 5.92 Å². The third-order valence-corrected chi connectivity index (χ3v) is 4.90. The van der Waals surface area contributed by atoms with Crippen LogP contribution in [0.5, 0.6) is 5.75 Å². The molecule has 1 aliphatic rings. The number of carboxylic acid groups (broad SMARTS) is 1. The molecule has 1 atom stereocenters. The number of benzene rings is 3. The molecule has 0 aromatic heterocycles. The molecule has 0 spiro atoms. The summed E-state index contributed by atoms with van der Waals surface area (Å²) in [4.78, 5) is 10.6. The first-order valence-electron chi connectivity index (χ1n) is 8.95.